The van der Waals surface area contributed by atoms with Crippen LogP contribution in [0.25, 0.3) is 0 Å². The van der Waals surface area contributed by atoms with Crippen LogP contribution < -0.4 is 0 Å². The van der Waals surface area contributed by atoms with Gasteiger partial charge in [-0.3, -0.25) is 4.79 Å². The van der Waals surface area contributed by atoms with Crippen molar-refractivity contribution >= 4 is 21.7 Å². The molecular formula is C10H8BrF3O2. The highest BCUT2D eigenvalue weighted by Crippen LogP contribution is 2.41. The summed E-state index contributed by atoms with van der Waals surface area (Å²) in [5.41, 5.74) is -1.45. The van der Waals surface area contributed by atoms with E-state index in [1.54, 1.807) is 0 Å². The van der Waals surface area contributed by atoms with Gasteiger partial charge in [-0.2, -0.15) is 13.2 Å². The smallest absolute Gasteiger partial charge is 0.416 e. The quantitative estimate of drug-likeness (QED) is 0.849. The van der Waals surface area contributed by atoms with E-state index in [0.29, 0.717) is 0 Å². The first kappa shape index (κ1) is 13.0. The number of aromatic hydroxyl groups is 1. The number of carbonyl (C=O) groups is 1. The molecule has 0 heterocycles. The Morgan fingerprint density at radius 1 is 1.44 bits per heavy atom. The van der Waals surface area contributed by atoms with Crippen molar-refractivity contribution < 1.29 is 23.1 Å². The highest BCUT2D eigenvalue weighted by molar-refractivity contribution is 9.09. The number of Topliss-reactive ketones (excluding diaryl/α,β-unsaturated/α-hetero) is 1. The first-order chi connectivity index (χ1) is 7.25. The minimum atomic E-state index is -4.60. The second kappa shape index (κ2) is 4.45. The number of ketones is 1. The van der Waals surface area contributed by atoms with Crippen LogP contribution >= 0.6 is 15.9 Å². The predicted octanol–water partition coefficient (Wildman–Crippen LogP) is 3.44. The molecule has 0 amide bonds. The van der Waals surface area contributed by atoms with Gasteiger partial charge in [0.2, 0.25) is 0 Å². The first-order valence-corrected chi connectivity index (χ1v) is 5.20. The second-order valence-electron chi connectivity index (χ2n) is 3.21. The molecule has 1 atom stereocenters. The van der Waals surface area contributed by atoms with Gasteiger partial charge in [0.05, 0.1) is 5.56 Å². The lowest BCUT2D eigenvalue weighted by atomic mass is 10.0. The minimum absolute atomic E-state index is 0.442. The molecule has 0 aromatic heterocycles. The van der Waals surface area contributed by atoms with E-state index in [1.807, 2.05) is 0 Å². The third kappa shape index (κ3) is 2.55. The van der Waals surface area contributed by atoms with Gasteiger partial charge in [0.1, 0.15) is 16.4 Å². The Balaban J connectivity index is 3.41. The Hall–Kier alpha value is -1.04. The molecule has 2 nitrogen and oxygen atoms in total. The third-order valence-corrected chi connectivity index (χ3v) is 3.10. The van der Waals surface area contributed by atoms with Gasteiger partial charge in [0.15, 0.2) is 0 Å². The van der Waals surface area contributed by atoms with Gasteiger partial charge in [0, 0.05) is 5.56 Å². The Kier molecular flexibility index (Phi) is 3.62. The monoisotopic (exact) mass is 296 g/mol. The molecular weight excluding hydrogens is 289 g/mol. The molecule has 0 fully saturated rings. The van der Waals surface area contributed by atoms with Crippen molar-refractivity contribution in [1.29, 1.82) is 0 Å². The molecule has 0 radical (unpaired) electrons. The van der Waals surface area contributed by atoms with Crippen LogP contribution in [-0.2, 0) is 11.0 Å². The average Bonchev–Trinajstić information content (AvgIpc) is 2.14. The summed E-state index contributed by atoms with van der Waals surface area (Å²) in [6, 6.07) is 3.02. The summed E-state index contributed by atoms with van der Waals surface area (Å²) in [6.45, 7) is 1.14. The Bertz CT molecular complexity index is 415. The second-order valence-corrected chi connectivity index (χ2v) is 4.13. The summed E-state index contributed by atoms with van der Waals surface area (Å²) < 4.78 is 37.8. The lowest BCUT2D eigenvalue weighted by Crippen LogP contribution is -2.13. The van der Waals surface area contributed by atoms with E-state index in [0.717, 1.165) is 25.1 Å². The molecule has 0 aliphatic carbocycles. The fraction of sp³-hybridized carbons (Fsp3) is 0.300. The molecule has 1 N–H and O–H groups in total. The fourth-order valence-electron chi connectivity index (χ4n) is 1.27. The zero-order valence-electron chi connectivity index (χ0n) is 8.18. The molecule has 0 bridgehead atoms. The van der Waals surface area contributed by atoms with E-state index in [2.05, 4.69) is 15.9 Å². The molecule has 0 spiro atoms. The highest BCUT2D eigenvalue weighted by Gasteiger charge is 2.37. The summed E-state index contributed by atoms with van der Waals surface area (Å²) in [5.74, 6) is -1.06. The number of phenolic OH excluding ortho intramolecular Hbond substituents is 1. The van der Waals surface area contributed by atoms with Crippen LogP contribution in [0, 0.1) is 0 Å². The maximum atomic E-state index is 12.6. The van der Waals surface area contributed by atoms with Crippen molar-refractivity contribution in [2.75, 3.05) is 0 Å². The van der Waals surface area contributed by atoms with Crippen molar-refractivity contribution in [1.82, 2.24) is 0 Å². The number of hydrogen-bond donors (Lipinski definition) is 1. The predicted molar refractivity (Wildman–Crippen MR) is 55.5 cm³/mol. The van der Waals surface area contributed by atoms with Gasteiger partial charge in [-0.1, -0.05) is 22.0 Å². The number of phenols is 1. The van der Waals surface area contributed by atoms with Gasteiger partial charge < -0.3 is 5.11 Å². The van der Waals surface area contributed by atoms with Crippen LogP contribution in [0.15, 0.2) is 18.2 Å². The zero-order chi connectivity index (χ0) is 12.5. The summed E-state index contributed by atoms with van der Waals surface area (Å²) in [5, 5.41) is 9.39. The lowest BCUT2D eigenvalue weighted by molar-refractivity contribution is -0.138. The van der Waals surface area contributed by atoms with Gasteiger partial charge in [-0.05, 0) is 19.1 Å². The highest BCUT2D eigenvalue weighted by atomic mass is 79.9. The Labute approximate surface area is 98.2 Å². The zero-order valence-corrected chi connectivity index (χ0v) is 9.76. The normalized spacial score (nSPS) is 13.6. The van der Waals surface area contributed by atoms with Crippen LogP contribution in [-0.4, -0.2) is 10.9 Å². The van der Waals surface area contributed by atoms with E-state index in [9.17, 15) is 23.1 Å². The number of benzene rings is 1. The maximum absolute atomic E-state index is 12.6. The molecule has 0 aliphatic rings. The molecule has 0 saturated carbocycles. The molecule has 1 unspecified atom stereocenters. The summed E-state index contributed by atoms with van der Waals surface area (Å²) in [6.07, 6.45) is -4.60. The van der Waals surface area contributed by atoms with Crippen LogP contribution in [0.3, 0.4) is 0 Å². The van der Waals surface area contributed by atoms with E-state index < -0.39 is 33.7 Å². The molecule has 1 rings (SSSR count). The van der Waals surface area contributed by atoms with Crippen molar-refractivity contribution in [2.24, 2.45) is 0 Å². The van der Waals surface area contributed by atoms with Gasteiger partial charge in [0.25, 0.3) is 0 Å². The summed E-state index contributed by atoms with van der Waals surface area (Å²) in [4.78, 5) is 9.89. The molecule has 0 saturated heterocycles. The topological polar surface area (TPSA) is 37.3 Å². The van der Waals surface area contributed by atoms with Crippen LogP contribution in [0.2, 0.25) is 0 Å². The number of rotatable bonds is 2. The summed E-state index contributed by atoms with van der Waals surface area (Å²) in [7, 11) is 0. The SMILES string of the molecule is CC(=O)C(Br)c1c(O)cccc1C(F)(F)F. The van der Waals surface area contributed by atoms with Crippen molar-refractivity contribution in [3.8, 4) is 5.75 Å². The molecule has 6 heteroatoms. The number of hydrogen-bond acceptors (Lipinski definition) is 2. The standard InChI is InChI=1S/C10H8BrF3O2/c1-5(15)9(11)8-6(10(12,13)14)3-2-4-7(8)16/h2-4,9,16H,1H3. The molecule has 88 valence electrons. The molecule has 16 heavy (non-hydrogen) atoms. The van der Waals surface area contributed by atoms with Crippen molar-refractivity contribution in [3.63, 3.8) is 0 Å². The number of halogens is 4. The minimum Gasteiger partial charge on any atom is -0.508 e. The lowest BCUT2D eigenvalue weighted by Gasteiger charge is -2.16. The Morgan fingerprint density at radius 2 is 2.00 bits per heavy atom. The number of carbonyl (C=O) groups excluding carboxylic acids is 1. The Morgan fingerprint density at radius 3 is 2.44 bits per heavy atom. The van der Waals surface area contributed by atoms with E-state index >= 15 is 0 Å². The van der Waals surface area contributed by atoms with Crippen LogP contribution in [0.5, 0.6) is 5.75 Å². The third-order valence-electron chi connectivity index (χ3n) is 2.00. The van der Waals surface area contributed by atoms with Crippen LogP contribution in [0.1, 0.15) is 22.9 Å². The molecule has 1 aromatic carbocycles. The van der Waals surface area contributed by atoms with Crippen LogP contribution in [0.4, 0.5) is 13.2 Å². The van der Waals surface area contributed by atoms with E-state index in [1.165, 1.54) is 0 Å². The fourth-order valence-corrected chi connectivity index (χ4v) is 1.75. The first-order valence-electron chi connectivity index (χ1n) is 4.28. The van der Waals surface area contributed by atoms with Gasteiger partial charge >= 0.3 is 6.18 Å². The molecule has 1 aromatic rings. The molecule has 0 aliphatic heterocycles. The van der Waals surface area contributed by atoms with Gasteiger partial charge in [-0.25, -0.2) is 0 Å². The van der Waals surface area contributed by atoms with Gasteiger partial charge in [-0.15, -0.1) is 0 Å². The number of alkyl halides is 4. The van der Waals surface area contributed by atoms with E-state index in [-0.39, 0.29) is 0 Å². The largest absolute Gasteiger partial charge is 0.508 e. The average molecular weight is 297 g/mol. The summed E-state index contributed by atoms with van der Waals surface area (Å²) >= 11 is 2.83. The maximum Gasteiger partial charge on any atom is 0.416 e. The van der Waals surface area contributed by atoms with Crippen molar-refractivity contribution in [3.05, 3.63) is 29.3 Å². The van der Waals surface area contributed by atoms with E-state index in [4.69, 9.17) is 0 Å². The van der Waals surface area contributed by atoms with Crippen molar-refractivity contribution in [2.45, 2.75) is 17.9 Å².